The number of amides is 2. The Labute approximate surface area is 129 Å². The van der Waals surface area contributed by atoms with Crippen molar-refractivity contribution in [2.24, 2.45) is 0 Å². The first-order valence-electron chi connectivity index (χ1n) is 7.27. The smallest absolute Gasteiger partial charge is 0.255 e. The van der Waals surface area contributed by atoms with Gasteiger partial charge in [-0.25, -0.2) is 8.42 Å². The fourth-order valence-electron chi connectivity index (χ4n) is 2.96. The lowest BCUT2D eigenvalue weighted by atomic mass is 10.1. The van der Waals surface area contributed by atoms with Crippen LogP contribution < -0.4 is 5.32 Å². The predicted octanol–water partition coefficient (Wildman–Crippen LogP) is 0.334. The van der Waals surface area contributed by atoms with Gasteiger partial charge in [0.05, 0.1) is 11.5 Å². The van der Waals surface area contributed by atoms with Crippen molar-refractivity contribution in [3.63, 3.8) is 0 Å². The van der Waals surface area contributed by atoms with Gasteiger partial charge in [0.2, 0.25) is 5.91 Å². The van der Waals surface area contributed by atoms with Crippen LogP contribution >= 0.6 is 0 Å². The number of nitrogens with zero attached hydrogens (tertiary/aromatic N) is 1. The molecule has 2 aliphatic rings. The van der Waals surface area contributed by atoms with Crippen molar-refractivity contribution in [2.75, 3.05) is 11.5 Å². The van der Waals surface area contributed by atoms with E-state index in [2.05, 4.69) is 5.32 Å². The highest BCUT2D eigenvalue weighted by Crippen LogP contribution is 2.24. The molecule has 0 radical (unpaired) electrons. The van der Waals surface area contributed by atoms with Gasteiger partial charge in [0, 0.05) is 18.2 Å². The van der Waals surface area contributed by atoms with Gasteiger partial charge in [-0.2, -0.15) is 0 Å². The van der Waals surface area contributed by atoms with E-state index in [1.165, 1.54) is 4.90 Å². The van der Waals surface area contributed by atoms with E-state index in [1.54, 1.807) is 19.1 Å². The Morgan fingerprint density at radius 3 is 2.73 bits per heavy atom. The molecule has 0 spiro atoms. The lowest BCUT2D eigenvalue weighted by Crippen LogP contribution is -2.48. The van der Waals surface area contributed by atoms with Crippen LogP contribution in [-0.4, -0.2) is 48.7 Å². The zero-order chi connectivity index (χ0) is 15.9. The minimum Gasteiger partial charge on any atom is -0.351 e. The van der Waals surface area contributed by atoms with Gasteiger partial charge in [-0.3, -0.25) is 9.59 Å². The van der Waals surface area contributed by atoms with Gasteiger partial charge in [0.25, 0.3) is 5.91 Å². The van der Waals surface area contributed by atoms with Crippen molar-refractivity contribution in [1.29, 1.82) is 0 Å². The monoisotopic (exact) mass is 322 g/mol. The molecule has 6 nitrogen and oxygen atoms in total. The minimum atomic E-state index is -3.04. The highest BCUT2D eigenvalue weighted by Gasteiger charge is 2.35. The summed E-state index contributed by atoms with van der Waals surface area (Å²) in [7, 11) is -3.04. The number of hydrogen-bond donors (Lipinski definition) is 1. The Hall–Kier alpha value is -1.89. The Balaban J connectivity index is 1.66. The van der Waals surface area contributed by atoms with Crippen molar-refractivity contribution >= 4 is 21.7 Å². The van der Waals surface area contributed by atoms with Crippen molar-refractivity contribution in [3.8, 4) is 0 Å². The van der Waals surface area contributed by atoms with Crippen LogP contribution in [0.1, 0.15) is 29.3 Å². The van der Waals surface area contributed by atoms with E-state index < -0.39 is 15.9 Å². The third kappa shape index (κ3) is 2.72. The summed E-state index contributed by atoms with van der Waals surface area (Å²) in [5.74, 6) is -0.361. The summed E-state index contributed by atoms with van der Waals surface area (Å²) >= 11 is 0. The molecule has 0 saturated carbocycles. The van der Waals surface area contributed by atoms with E-state index in [0.29, 0.717) is 18.5 Å². The molecule has 3 rings (SSSR count). The van der Waals surface area contributed by atoms with Crippen molar-refractivity contribution in [1.82, 2.24) is 10.2 Å². The van der Waals surface area contributed by atoms with E-state index in [0.717, 1.165) is 5.56 Å². The molecule has 1 N–H and O–H groups in total. The molecule has 118 valence electrons. The molecule has 2 atom stereocenters. The summed E-state index contributed by atoms with van der Waals surface area (Å²) in [6.07, 6.45) is 0.439. The second kappa shape index (κ2) is 5.39. The van der Waals surface area contributed by atoms with Crippen molar-refractivity contribution < 1.29 is 18.0 Å². The standard InChI is InChI=1S/C15H18N2O4S/c1-10(14(18)16-12-6-7-22(20,21)9-12)17-8-11-4-2-3-5-13(11)15(17)19/h2-5,10,12H,6-9H2,1H3,(H,16,18)/t10-,12-/m0/s1. The number of fused-ring (bicyclic) bond motifs is 1. The van der Waals surface area contributed by atoms with Gasteiger partial charge < -0.3 is 10.2 Å². The SMILES string of the molecule is C[C@@H](C(=O)N[C@H]1CCS(=O)(=O)C1)N1Cc2ccccc2C1=O. The third-order valence-electron chi connectivity index (χ3n) is 4.28. The first kappa shape index (κ1) is 15.0. The first-order valence-corrected chi connectivity index (χ1v) is 9.09. The normalized spacial score (nSPS) is 24.1. The zero-order valence-electron chi connectivity index (χ0n) is 12.3. The number of hydrogen-bond acceptors (Lipinski definition) is 4. The summed E-state index contributed by atoms with van der Waals surface area (Å²) in [5, 5.41) is 2.75. The molecule has 7 heteroatoms. The molecule has 22 heavy (non-hydrogen) atoms. The molecule has 1 fully saturated rings. The Kier molecular flexibility index (Phi) is 3.68. The maximum atomic E-state index is 12.3. The van der Waals surface area contributed by atoms with Gasteiger partial charge in [-0.05, 0) is 25.0 Å². The second-order valence-electron chi connectivity index (χ2n) is 5.87. The first-order chi connectivity index (χ1) is 10.4. The van der Waals surface area contributed by atoms with Crippen molar-refractivity contribution in [2.45, 2.75) is 32.0 Å². The van der Waals surface area contributed by atoms with E-state index in [-0.39, 0.29) is 29.4 Å². The molecule has 2 amide bonds. The number of carbonyl (C=O) groups excluding carboxylic acids is 2. The molecule has 0 aromatic heterocycles. The number of benzene rings is 1. The second-order valence-corrected chi connectivity index (χ2v) is 8.10. The molecule has 0 aliphatic carbocycles. The maximum Gasteiger partial charge on any atom is 0.255 e. The maximum absolute atomic E-state index is 12.3. The molecule has 1 aromatic carbocycles. The molecule has 1 aromatic rings. The molecular formula is C15H18N2O4S. The molecule has 0 unspecified atom stereocenters. The van der Waals surface area contributed by atoms with E-state index >= 15 is 0 Å². The predicted molar refractivity (Wildman–Crippen MR) is 81.0 cm³/mol. The number of nitrogens with one attached hydrogen (secondary N) is 1. The summed E-state index contributed by atoms with van der Waals surface area (Å²) < 4.78 is 22.9. The molecule has 1 saturated heterocycles. The van der Waals surface area contributed by atoms with Crippen LogP contribution in [0, 0.1) is 0 Å². The number of rotatable bonds is 3. The highest BCUT2D eigenvalue weighted by molar-refractivity contribution is 7.91. The Morgan fingerprint density at radius 2 is 2.09 bits per heavy atom. The average molecular weight is 322 g/mol. The zero-order valence-corrected chi connectivity index (χ0v) is 13.1. The molecule has 2 aliphatic heterocycles. The molecule has 2 heterocycles. The average Bonchev–Trinajstić information content (AvgIpc) is 2.99. The summed E-state index contributed by atoms with van der Waals surface area (Å²) in [6.45, 7) is 2.08. The van der Waals surface area contributed by atoms with E-state index in [4.69, 9.17) is 0 Å². The fraction of sp³-hybridized carbons (Fsp3) is 0.467. The van der Waals surface area contributed by atoms with Crippen LogP contribution in [0.15, 0.2) is 24.3 Å². The Morgan fingerprint density at radius 1 is 1.36 bits per heavy atom. The lowest BCUT2D eigenvalue weighted by molar-refractivity contribution is -0.125. The summed E-state index contributed by atoms with van der Waals surface area (Å²) in [5.41, 5.74) is 1.54. The van der Waals surface area contributed by atoms with Crippen LogP contribution in [0.5, 0.6) is 0 Å². The van der Waals surface area contributed by atoms with Crippen LogP contribution in [-0.2, 0) is 21.2 Å². The van der Waals surface area contributed by atoms with Gasteiger partial charge in [-0.1, -0.05) is 18.2 Å². The summed E-state index contributed by atoms with van der Waals surface area (Å²) in [4.78, 5) is 26.1. The van der Waals surface area contributed by atoms with Crippen LogP contribution in [0.3, 0.4) is 0 Å². The minimum absolute atomic E-state index is 0.0143. The van der Waals surface area contributed by atoms with E-state index in [9.17, 15) is 18.0 Å². The quantitative estimate of drug-likeness (QED) is 0.869. The van der Waals surface area contributed by atoms with Gasteiger partial charge in [0.15, 0.2) is 9.84 Å². The Bertz CT molecular complexity index is 729. The van der Waals surface area contributed by atoms with Gasteiger partial charge in [0.1, 0.15) is 6.04 Å². The van der Waals surface area contributed by atoms with Crippen molar-refractivity contribution in [3.05, 3.63) is 35.4 Å². The summed E-state index contributed by atoms with van der Waals surface area (Å²) in [6, 6.07) is 6.33. The van der Waals surface area contributed by atoms with Crippen LogP contribution in [0.2, 0.25) is 0 Å². The third-order valence-corrected chi connectivity index (χ3v) is 6.04. The van der Waals surface area contributed by atoms with Gasteiger partial charge in [-0.15, -0.1) is 0 Å². The van der Waals surface area contributed by atoms with E-state index in [1.807, 2.05) is 12.1 Å². The highest BCUT2D eigenvalue weighted by atomic mass is 32.2. The van der Waals surface area contributed by atoms with Crippen LogP contribution in [0.4, 0.5) is 0 Å². The number of carbonyl (C=O) groups is 2. The van der Waals surface area contributed by atoms with Gasteiger partial charge >= 0.3 is 0 Å². The molecule has 0 bridgehead atoms. The topological polar surface area (TPSA) is 83.6 Å². The largest absolute Gasteiger partial charge is 0.351 e. The van der Waals surface area contributed by atoms with Crippen LogP contribution in [0.25, 0.3) is 0 Å². The lowest BCUT2D eigenvalue weighted by Gasteiger charge is -2.24. The number of sulfone groups is 1. The fourth-order valence-corrected chi connectivity index (χ4v) is 4.64. The molecular weight excluding hydrogens is 304 g/mol.